The molecule has 1 fully saturated rings. The van der Waals surface area contributed by atoms with E-state index in [1.807, 2.05) is 18.7 Å². The molecule has 1 amide bonds. The summed E-state index contributed by atoms with van der Waals surface area (Å²) in [5.74, 6) is 0.401. The highest BCUT2D eigenvalue weighted by atomic mass is 16.2. The molecule has 3 heteroatoms. The Labute approximate surface area is 116 Å². The second-order valence-electron chi connectivity index (χ2n) is 5.68. The summed E-state index contributed by atoms with van der Waals surface area (Å²) >= 11 is 0. The Morgan fingerprint density at radius 1 is 1.16 bits per heavy atom. The Balaban J connectivity index is 1.87. The summed E-state index contributed by atoms with van der Waals surface area (Å²) in [6.45, 7) is 10.8. The third-order valence-electron chi connectivity index (χ3n) is 3.83. The molecule has 1 aliphatic rings. The molecule has 0 aromatic heterocycles. The predicted molar refractivity (Wildman–Crippen MR) is 77.9 cm³/mol. The SMILES string of the molecule is Cc1ccccc1CN1CCN(C(=O)C(C)C)CC1. The van der Waals surface area contributed by atoms with Crippen LogP contribution in [0.1, 0.15) is 25.0 Å². The Morgan fingerprint density at radius 3 is 2.37 bits per heavy atom. The van der Waals surface area contributed by atoms with Gasteiger partial charge in [-0.2, -0.15) is 0 Å². The standard InChI is InChI=1S/C16H24N2O/c1-13(2)16(19)18-10-8-17(9-11-18)12-15-7-5-4-6-14(15)3/h4-7,13H,8-12H2,1-3H3. The van der Waals surface area contributed by atoms with E-state index in [9.17, 15) is 4.79 Å². The lowest BCUT2D eigenvalue weighted by molar-refractivity contribution is -0.136. The number of carbonyl (C=O) groups is 1. The van der Waals surface area contributed by atoms with E-state index in [1.54, 1.807) is 0 Å². The van der Waals surface area contributed by atoms with Crippen LogP contribution in [0.5, 0.6) is 0 Å². The van der Waals surface area contributed by atoms with Crippen molar-refractivity contribution in [2.75, 3.05) is 26.2 Å². The van der Waals surface area contributed by atoms with E-state index in [2.05, 4.69) is 36.1 Å². The Kier molecular flexibility index (Phi) is 4.59. The summed E-state index contributed by atoms with van der Waals surface area (Å²) in [5, 5.41) is 0. The van der Waals surface area contributed by atoms with Gasteiger partial charge in [-0.25, -0.2) is 0 Å². The van der Waals surface area contributed by atoms with E-state index < -0.39 is 0 Å². The van der Waals surface area contributed by atoms with Crippen molar-refractivity contribution >= 4 is 5.91 Å². The maximum Gasteiger partial charge on any atom is 0.225 e. The molecule has 1 aliphatic heterocycles. The molecule has 0 aliphatic carbocycles. The minimum Gasteiger partial charge on any atom is -0.340 e. The number of carbonyl (C=O) groups excluding carboxylic acids is 1. The zero-order chi connectivity index (χ0) is 13.8. The first-order valence-corrected chi connectivity index (χ1v) is 7.13. The van der Waals surface area contributed by atoms with Crippen LogP contribution in [0.4, 0.5) is 0 Å². The quantitative estimate of drug-likeness (QED) is 0.832. The third-order valence-corrected chi connectivity index (χ3v) is 3.83. The molecule has 0 atom stereocenters. The number of rotatable bonds is 3. The van der Waals surface area contributed by atoms with Crippen molar-refractivity contribution in [1.82, 2.24) is 9.80 Å². The number of hydrogen-bond donors (Lipinski definition) is 0. The highest BCUT2D eigenvalue weighted by Crippen LogP contribution is 2.13. The van der Waals surface area contributed by atoms with Gasteiger partial charge < -0.3 is 4.90 Å². The van der Waals surface area contributed by atoms with Gasteiger partial charge in [0.1, 0.15) is 0 Å². The van der Waals surface area contributed by atoms with Gasteiger partial charge in [0.25, 0.3) is 0 Å². The van der Waals surface area contributed by atoms with E-state index in [0.717, 1.165) is 32.7 Å². The first kappa shape index (κ1) is 14.1. The second kappa shape index (κ2) is 6.20. The number of piperazine rings is 1. The van der Waals surface area contributed by atoms with Gasteiger partial charge in [-0.15, -0.1) is 0 Å². The summed E-state index contributed by atoms with van der Waals surface area (Å²) in [6.07, 6.45) is 0. The van der Waals surface area contributed by atoms with Crippen LogP contribution < -0.4 is 0 Å². The van der Waals surface area contributed by atoms with Gasteiger partial charge in [-0.1, -0.05) is 38.1 Å². The lowest BCUT2D eigenvalue weighted by Crippen LogP contribution is -2.49. The van der Waals surface area contributed by atoms with Crippen LogP contribution in [0, 0.1) is 12.8 Å². The van der Waals surface area contributed by atoms with Crippen LogP contribution in [0.25, 0.3) is 0 Å². The number of amides is 1. The molecule has 0 N–H and O–H groups in total. The molecule has 0 radical (unpaired) electrons. The molecule has 0 bridgehead atoms. The smallest absolute Gasteiger partial charge is 0.225 e. The van der Waals surface area contributed by atoms with Crippen molar-refractivity contribution < 1.29 is 4.79 Å². The topological polar surface area (TPSA) is 23.6 Å². The Bertz CT molecular complexity index is 434. The Morgan fingerprint density at radius 2 is 1.79 bits per heavy atom. The predicted octanol–water partition coefficient (Wildman–Crippen LogP) is 2.30. The second-order valence-corrected chi connectivity index (χ2v) is 5.68. The number of nitrogens with zero attached hydrogens (tertiary/aromatic N) is 2. The van der Waals surface area contributed by atoms with Crippen molar-refractivity contribution in [3.63, 3.8) is 0 Å². The average Bonchev–Trinajstić information content (AvgIpc) is 2.41. The number of aryl methyl sites for hydroxylation is 1. The van der Waals surface area contributed by atoms with Crippen LogP contribution in [-0.4, -0.2) is 41.9 Å². The average molecular weight is 260 g/mol. The largest absolute Gasteiger partial charge is 0.340 e. The fraction of sp³-hybridized carbons (Fsp3) is 0.562. The molecule has 1 aromatic rings. The molecule has 1 heterocycles. The van der Waals surface area contributed by atoms with E-state index in [4.69, 9.17) is 0 Å². The highest BCUT2D eigenvalue weighted by Gasteiger charge is 2.22. The molecular formula is C16H24N2O. The third kappa shape index (κ3) is 3.57. The van der Waals surface area contributed by atoms with Gasteiger partial charge in [0.15, 0.2) is 0 Å². The molecule has 1 saturated heterocycles. The van der Waals surface area contributed by atoms with Crippen LogP contribution >= 0.6 is 0 Å². The monoisotopic (exact) mass is 260 g/mol. The molecule has 1 aromatic carbocycles. The maximum atomic E-state index is 11.9. The van der Waals surface area contributed by atoms with Gasteiger partial charge in [0.2, 0.25) is 5.91 Å². The van der Waals surface area contributed by atoms with Gasteiger partial charge in [0, 0.05) is 38.6 Å². The zero-order valence-corrected chi connectivity index (χ0v) is 12.2. The maximum absolute atomic E-state index is 11.9. The molecule has 19 heavy (non-hydrogen) atoms. The molecule has 2 rings (SSSR count). The van der Waals surface area contributed by atoms with Crippen molar-refractivity contribution in [2.45, 2.75) is 27.3 Å². The van der Waals surface area contributed by atoms with Crippen molar-refractivity contribution in [3.8, 4) is 0 Å². The lowest BCUT2D eigenvalue weighted by Gasteiger charge is -2.35. The molecule has 0 spiro atoms. The summed E-state index contributed by atoms with van der Waals surface area (Å²) in [5.41, 5.74) is 2.74. The number of hydrogen-bond acceptors (Lipinski definition) is 2. The summed E-state index contributed by atoms with van der Waals surface area (Å²) in [4.78, 5) is 16.4. The lowest BCUT2D eigenvalue weighted by atomic mass is 10.1. The first-order chi connectivity index (χ1) is 9.08. The molecule has 0 saturated carbocycles. The van der Waals surface area contributed by atoms with Crippen LogP contribution in [-0.2, 0) is 11.3 Å². The van der Waals surface area contributed by atoms with Crippen molar-refractivity contribution in [2.24, 2.45) is 5.92 Å². The fourth-order valence-electron chi connectivity index (χ4n) is 2.52. The highest BCUT2D eigenvalue weighted by molar-refractivity contribution is 5.78. The van der Waals surface area contributed by atoms with E-state index >= 15 is 0 Å². The van der Waals surface area contributed by atoms with Gasteiger partial charge in [-0.3, -0.25) is 9.69 Å². The first-order valence-electron chi connectivity index (χ1n) is 7.13. The van der Waals surface area contributed by atoms with Crippen molar-refractivity contribution in [1.29, 1.82) is 0 Å². The van der Waals surface area contributed by atoms with Crippen LogP contribution in [0.2, 0.25) is 0 Å². The van der Waals surface area contributed by atoms with Gasteiger partial charge >= 0.3 is 0 Å². The molecule has 0 unspecified atom stereocenters. The zero-order valence-electron chi connectivity index (χ0n) is 12.2. The minimum atomic E-state index is 0.114. The fourth-order valence-corrected chi connectivity index (χ4v) is 2.52. The molecule has 3 nitrogen and oxygen atoms in total. The molecule has 104 valence electrons. The summed E-state index contributed by atoms with van der Waals surface area (Å²) in [6, 6.07) is 8.54. The number of benzene rings is 1. The summed E-state index contributed by atoms with van der Waals surface area (Å²) in [7, 11) is 0. The van der Waals surface area contributed by atoms with E-state index in [1.165, 1.54) is 11.1 Å². The molecular weight excluding hydrogens is 236 g/mol. The van der Waals surface area contributed by atoms with Gasteiger partial charge in [0.05, 0.1) is 0 Å². The van der Waals surface area contributed by atoms with Crippen LogP contribution in [0.15, 0.2) is 24.3 Å². The van der Waals surface area contributed by atoms with Gasteiger partial charge in [-0.05, 0) is 18.1 Å². The van der Waals surface area contributed by atoms with Crippen molar-refractivity contribution in [3.05, 3.63) is 35.4 Å². The van der Waals surface area contributed by atoms with Crippen LogP contribution in [0.3, 0.4) is 0 Å². The summed E-state index contributed by atoms with van der Waals surface area (Å²) < 4.78 is 0. The van der Waals surface area contributed by atoms with E-state index in [-0.39, 0.29) is 11.8 Å². The minimum absolute atomic E-state index is 0.114. The normalized spacial score (nSPS) is 16.9. The Hall–Kier alpha value is -1.35. The van der Waals surface area contributed by atoms with E-state index in [0.29, 0.717) is 0 Å².